The van der Waals surface area contributed by atoms with Gasteiger partial charge < -0.3 is 10.5 Å². The van der Waals surface area contributed by atoms with E-state index in [-0.39, 0.29) is 22.3 Å². The molecule has 0 aliphatic heterocycles. The molecule has 0 aliphatic carbocycles. The first-order chi connectivity index (χ1) is 7.52. The van der Waals surface area contributed by atoms with Gasteiger partial charge in [0.05, 0.1) is 24.1 Å². The molecule has 0 unspecified atom stereocenters. The lowest BCUT2D eigenvalue weighted by Crippen LogP contribution is -2.13. The highest BCUT2D eigenvalue weighted by molar-refractivity contribution is 9.08. The van der Waals surface area contributed by atoms with Crippen LogP contribution in [0.25, 0.3) is 0 Å². The van der Waals surface area contributed by atoms with Crippen LogP contribution in [0, 0.1) is 0 Å². The highest BCUT2D eigenvalue weighted by Gasteiger charge is 2.22. The van der Waals surface area contributed by atoms with Gasteiger partial charge in [-0.3, -0.25) is 4.98 Å². The van der Waals surface area contributed by atoms with E-state index in [0.29, 0.717) is 0 Å². The van der Waals surface area contributed by atoms with Crippen LogP contribution in [0.4, 0.5) is 14.5 Å². The first kappa shape index (κ1) is 12.8. The maximum atomic E-state index is 12.5. The Balaban J connectivity index is 3.40. The average molecular weight is 295 g/mol. The number of nitrogen functional groups attached to an aromatic ring is 1. The quantitative estimate of drug-likeness (QED) is 0.686. The third-order valence-corrected chi connectivity index (χ3v) is 2.51. The number of hydrogen-bond acceptors (Lipinski definition) is 4. The van der Waals surface area contributed by atoms with E-state index in [1.54, 1.807) is 0 Å². The number of nitrogens with two attached hydrogens (primary N) is 1. The van der Waals surface area contributed by atoms with Crippen molar-refractivity contribution in [3.05, 3.63) is 23.0 Å². The van der Waals surface area contributed by atoms with Gasteiger partial charge in [-0.15, -0.1) is 0 Å². The summed E-state index contributed by atoms with van der Waals surface area (Å²) in [4.78, 5) is 15.1. The molecule has 1 aromatic heterocycles. The molecule has 0 saturated carbocycles. The van der Waals surface area contributed by atoms with E-state index >= 15 is 0 Å². The number of methoxy groups -OCH3 is 1. The van der Waals surface area contributed by atoms with E-state index in [1.807, 2.05) is 0 Å². The average Bonchev–Trinajstić information content (AvgIpc) is 2.26. The van der Waals surface area contributed by atoms with Crippen molar-refractivity contribution in [3.63, 3.8) is 0 Å². The van der Waals surface area contributed by atoms with Crippen molar-refractivity contribution < 1.29 is 18.3 Å². The Hall–Kier alpha value is -1.24. The largest absolute Gasteiger partial charge is 0.465 e. The first-order valence-electron chi connectivity index (χ1n) is 4.22. The van der Waals surface area contributed by atoms with Crippen molar-refractivity contribution in [2.45, 2.75) is 11.8 Å². The van der Waals surface area contributed by atoms with Crippen molar-refractivity contribution in [1.82, 2.24) is 4.98 Å². The Labute approximate surface area is 98.9 Å². The standard InChI is InChI=1S/C9H9BrF2N2O2/c1-16-9(15)6-5(2-10)14-3-4(7(6)13)8(11)12/h3,8H,2H2,1H3,(H2,13,14). The van der Waals surface area contributed by atoms with Crippen LogP contribution in [-0.2, 0) is 10.1 Å². The molecule has 7 heteroatoms. The van der Waals surface area contributed by atoms with Gasteiger partial charge in [0.1, 0.15) is 5.56 Å². The molecule has 4 nitrogen and oxygen atoms in total. The second-order valence-corrected chi connectivity index (χ2v) is 3.44. The second-order valence-electron chi connectivity index (χ2n) is 2.87. The highest BCUT2D eigenvalue weighted by atomic mass is 79.9. The molecule has 0 amide bonds. The van der Waals surface area contributed by atoms with Gasteiger partial charge in [0.25, 0.3) is 6.43 Å². The number of nitrogens with zero attached hydrogens (tertiary/aromatic N) is 1. The summed E-state index contributed by atoms with van der Waals surface area (Å²) in [5.74, 6) is -0.776. The van der Waals surface area contributed by atoms with Crippen LogP contribution in [-0.4, -0.2) is 18.1 Å². The van der Waals surface area contributed by atoms with Gasteiger partial charge in [-0.05, 0) is 0 Å². The van der Waals surface area contributed by atoms with Gasteiger partial charge in [-0.25, -0.2) is 13.6 Å². The maximum Gasteiger partial charge on any atom is 0.341 e. The fourth-order valence-corrected chi connectivity index (χ4v) is 1.61. The van der Waals surface area contributed by atoms with Crippen LogP contribution in [0.15, 0.2) is 6.20 Å². The Bertz CT molecular complexity index is 413. The molecule has 0 atom stereocenters. The molecule has 0 spiro atoms. The number of hydrogen-bond donors (Lipinski definition) is 1. The smallest absolute Gasteiger partial charge is 0.341 e. The predicted molar refractivity (Wildman–Crippen MR) is 57.6 cm³/mol. The third kappa shape index (κ3) is 2.29. The fourth-order valence-electron chi connectivity index (χ4n) is 1.19. The van der Waals surface area contributed by atoms with Crippen LogP contribution >= 0.6 is 15.9 Å². The van der Waals surface area contributed by atoms with E-state index in [1.165, 1.54) is 0 Å². The molecule has 0 bridgehead atoms. The zero-order valence-corrected chi connectivity index (χ0v) is 9.92. The van der Waals surface area contributed by atoms with Crippen LogP contribution < -0.4 is 5.73 Å². The van der Waals surface area contributed by atoms with Gasteiger partial charge in [0.15, 0.2) is 0 Å². The minimum Gasteiger partial charge on any atom is -0.465 e. The van der Waals surface area contributed by atoms with Crippen LogP contribution in [0.2, 0.25) is 0 Å². The molecule has 1 heterocycles. The van der Waals surface area contributed by atoms with E-state index in [2.05, 4.69) is 25.7 Å². The monoisotopic (exact) mass is 294 g/mol. The van der Waals surface area contributed by atoms with Crippen LogP contribution in [0.5, 0.6) is 0 Å². The summed E-state index contributed by atoms with van der Waals surface area (Å²) >= 11 is 3.09. The lowest BCUT2D eigenvalue weighted by atomic mass is 10.1. The number of rotatable bonds is 3. The summed E-state index contributed by atoms with van der Waals surface area (Å²) in [6.07, 6.45) is -1.82. The Morgan fingerprint density at radius 3 is 2.75 bits per heavy atom. The fraction of sp³-hybridized carbons (Fsp3) is 0.333. The minimum absolute atomic E-state index is 0.114. The molecule has 2 N–H and O–H groups in total. The molecule has 0 fully saturated rings. The van der Waals surface area contributed by atoms with Crippen LogP contribution in [0.3, 0.4) is 0 Å². The molecule has 0 aromatic carbocycles. The van der Waals surface area contributed by atoms with Crippen molar-refractivity contribution in [1.29, 1.82) is 0 Å². The summed E-state index contributed by atoms with van der Waals surface area (Å²) in [5, 5.41) is 0.227. The number of pyridine rings is 1. The van der Waals surface area contributed by atoms with E-state index in [9.17, 15) is 13.6 Å². The summed E-state index contributed by atoms with van der Waals surface area (Å²) in [6.45, 7) is 0. The lowest BCUT2D eigenvalue weighted by Gasteiger charge is -2.11. The second kappa shape index (κ2) is 5.20. The van der Waals surface area contributed by atoms with E-state index in [4.69, 9.17) is 5.73 Å². The molecule has 1 aromatic rings. The van der Waals surface area contributed by atoms with Gasteiger partial charge in [-0.2, -0.15) is 0 Å². The van der Waals surface area contributed by atoms with E-state index in [0.717, 1.165) is 13.3 Å². The number of carbonyl (C=O) groups is 1. The number of carbonyl (C=O) groups excluding carboxylic acids is 1. The number of alkyl halides is 3. The lowest BCUT2D eigenvalue weighted by molar-refractivity contribution is 0.0600. The molecule has 1 rings (SSSR count). The number of esters is 1. The van der Waals surface area contributed by atoms with E-state index < -0.39 is 18.0 Å². The normalized spacial score (nSPS) is 10.6. The predicted octanol–water partition coefficient (Wildman–Crippen LogP) is 2.28. The topological polar surface area (TPSA) is 65.2 Å². The Kier molecular flexibility index (Phi) is 4.17. The third-order valence-electron chi connectivity index (χ3n) is 1.98. The van der Waals surface area contributed by atoms with Crippen molar-refractivity contribution in [3.8, 4) is 0 Å². The Morgan fingerprint density at radius 2 is 2.31 bits per heavy atom. The van der Waals surface area contributed by atoms with Crippen LogP contribution in [0.1, 0.15) is 28.0 Å². The van der Waals surface area contributed by atoms with Gasteiger partial charge in [-0.1, -0.05) is 15.9 Å². The van der Waals surface area contributed by atoms with Crippen molar-refractivity contribution >= 4 is 27.6 Å². The Morgan fingerprint density at radius 1 is 1.69 bits per heavy atom. The highest BCUT2D eigenvalue weighted by Crippen LogP contribution is 2.29. The number of ether oxygens (including phenoxy) is 1. The number of aromatic nitrogens is 1. The molecular formula is C9H9BrF2N2O2. The minimum atomic E-state index is -2.78. The summed E-state index contributed by atoms with van der Waals surface area (Å²) in [6, 6.07) is 0. The number of halogens is 3. The zero-order valence-electron chi connectivity index (χ0n) is 8.34. The van der Waals surface area contributed by atoms with Gasteiger partial charge in [0.2, 0.25) is 0 Å². The molecule has 16 heavy (non-hydrogen) atoms. The summed E-state index contributed by atoms with van der Waals surface area (Å²) < 4.78 is 29.5. The molecule has 88 valence electrons. The summed E-state index contributed by atoms with van der Waals surface area (Å²) in [7, 11) is 1.15. The van der Waals surface area contributed by atoms with Gasteiger partial charge in [0, 0.05) is 11.5 Å². The number of anilines is 1. The summed E-state index contributed by atoms with van der Waals surface area (Å²) in [5.41, 5.74) is 4.90. The van der Waals surface area contributed by atoms with Gasteiger partial charge >= 0.3 is 5.97 Å². The molecular weight excluding hydrogens is 286 g/mol. The molecule has 0 aliphatic rings. The SMILES string of the molecule is COC(=O)c1c(CBr)ncc(C(F)F)c1N. The first-order valence-corrected chi connectivity index (χ1v) is 5.34. The zero-order chi connectivity index (χ0) is 12.3. The maximum absolute atomic E-state index is 12.5. The van der Waals surface area contributed by atoms with Crippen molar-refractivity contribution in [2.75, 3.05) is 12.8 Å². The molecule has 0 saturated heterocycles. The molecule has 0 radical (unpaired) electrons. The van der Waals surface area contributed by atoms with Crippen molar-refractivity contribution in [2.24, 2.45) is 0 Å².